The van der Waals surface area contributed by atoms with Gasteiger partial charge in [0.2, 0.25) is 0 Å². The highest BCUT2D eigenvalue weighted by molar-refractivity contribution is 5.09. The first-order chi connectivity index (χ1) is 4.34. The fourth-order valence-electron chi connectivity index (χ4n) is 0.470. The number of nitrogens with zero attached hydrogens (tertiary/aromatic N) is 5. The molecule has 0 unspecified atom stereocenters. The van der Waals surface area contributed by atoms with Crippen molar-refractivity contribution in [1.82, 2.24) is 14.8 Å². The van der Waals surface area contributed by atoms with Gasteiger partial charge in [0.05, 0.1) is 0 Å². The normalized spacial score (nSPS) is 10.9. The van der Waals surface area contributed by atoms with Gasteiger partial charge in [0.1, 0.15) is 6.33 Å². The van der Waals surface area contributed by atoms with Crippen LogP contribution in [0.4, 0.5) is 5.95 Å². The molecule has 0 aliphatic rings. The molecule has 1 rings (SSSR count). The fourth-order valence-corrected chi connectivity index (χ4v) is 0.470. The number of hydrogen-bond donors (Lipinski definition) is 0. The van der Waals surface area contributed by atoms with E-state index in [1.165, 1.54) is 6.33 Å². The van der Waals surface area contributed by atoms with Crippen LogP contribution in [-0.4, -0.2) is 21.8 Å². The average Bonchev–Trinajstić information content (AvgIpc) is 2.18. The Labute approximate surface area is 52.4 Å². The smallest absolute Gasteiger partial charge is 0.232 e. The van der Waals surface area contributed by atoms with Crippen LogP contribution in [0, 0.1) is 0 Å². The minimum absolute atomic E-state index is 0.525. The van der Waals surface area contributed by atoms with E-state index in [1.807, 2.05) is 0 Å². The van der Waals surface area contributed by atoms with Crippen LogP contribution in [0.5, 0.6) is 0 Å². The lowest BCUT2D eigenvalue weighted by Gasteiger charge is -1.85. The van der Waals surface area contributed by atoms with Crippen molar-refractivity contribution in [1.29, 1.82) is 0 Å². The minimum atomic E-state index is 0.525. The van der Waals surface area contributed by atoms with E-state index in [-0.39, 0.29) is 0 Å². The quantitative estimate of drug-likeness (QED) is 0.514. The third-order valence-electron chi connectivity index (χ3n) is 0.877. The van der Waals surface area contributed by atoms with E-state index >= 15 is 0 Å². The summed E-state index contributed by atoms with van der Waals surface area (Å²) in [7, 11) is 3.35. The summed E-state index contributed by atoms with van der Waals surface area (Å²) in [6, 6.07) is 0. The molecule has 0 N–H and O–H groups in total. The van der Waals surface area contributed by atoms with Crippen molar-refractivity contribution >= 4 is 5.95 Å². The van der Waals surface area contributed by atoms with Crippen molar-refractivity contribution in [3.8, 4) is 0 Å². The van der Waals surface area contributed by atoms with Gasteiger partial charge < -0.3 is 0 Å². The van der Waals surface area contributed by atoms with E-state index in [0.29, 0.717) is 5.95 Å². The topological polar surface area (TPSA) is 55.4 Å². The zero-order valence-electron chi connectivity index (χ0n) is 5.31. The fraction of sp³-hybridized carbons (Fsp3) is 0.500. The molecule has 0 atom stereocenters. The molecule has 0 radical (unpaired) electrons. The molecule has 0 saturated heterocycles. The van der Waals surface area contributed by atoms with Crippen LogP contribution in [-0.2, 0) is 7.05 Å². The van der Waals surface area contributed by atoms with Gasteiger partial charge >= 0.3 is 0 Å². The molecule has 0 fully saturated rings. The third-order valence-corrected chi connectivity index (χ3v) is 0.877. The van der Waals surface area contributed by atoms with Crippen molar-refractivity contribution in [2.24, 2.45) is 17.3 Å². The van der Waals surface area contributed by atoms with E-state index < -0.39 is 0 Å². The predicted octanol–water partition coefficient (Wildman–Crippen LogP) is 0.529. The Balaban J connectivity index is 2.94. The largest absolute Gasteiger partial charge is 0.266 e. The molecule has 5 heteroatoms. The summed E-state index contributed by atoms with van der Waals surface area (Å²) in [4.78, 5) is 3.80. The molecule has 0 saturated carbocycles. The van der Waals surface area contributed by atoms with Gasteiger partial charge in [-0.3, -0.25) is 0 Å². The van der Waals surface area contributed by atoms with E-state index in [9.17, 15) is 0 Å². The van der Waals surface area contributed by atoms with E-state index in [4.69, 9.17) is 0 Å². The van der Waals surface area contributed by atoms with E-state index in [0.717, 1.165) is 0 Å². The van der Waals surface area contributed by atoms with Crippen LogP contribution in [0.3, 0.4) is 0 Å². The van der Waals surface area contributed by atoms with Crippen LogP contribution in [0.25, 0.3) is 0 Å². The van der Waals surface area contributed by atoms with Crippen molar-refractivity contribution < 1.29 is 0 Å². The minimum Gasteiger partial charge on any atom is -0.232 e. The molecule has 1 heterocycles. The highest BCUT2D eigenvalue weighted by atomic mass is 15.4. The Morgan fingerprint density at radius 1 is 1.67 bits per heavy atom. The molecule has 0 aliphatic heterocycles. The molecule has 9 heavy (non-hydrogen) atoms. The van der Waals surface area contributed by atoms with Gasteiger partial charge in [-0.05, 0) is 0 Å². The summed E-state index contributed by atoms with van der Waals surface area (Å²) in [6.45, 7) is 0. The number of aromatic nitrogens is 3. The number of hydrogen-bond acceptors (Lipinski definition) is 4. The van der Waals surface area contributed by atoms with Crippen LogP contribution >= 0.6 is 0 Å². The van der Waals surface area contributed by atoms with Crippen LogP contribution in [0.2, 0.25) is 0 Å². The lowest BCUT2D eigenvalue weighted by molar-refractivity contribution is 0.760. The molecule has 1 aromatic heterocycles. The Kier molecular flexibility index (Phi) is 1.53. The van der Waals surface area contributed by atoms with Gasteiger partial charge in [0, 0.05) is 14.1 Å². The zero-order valence-corrected chi connectivity index (χ0v) is 5.31. The summed E-state index contributed by atoms with van der Waals surface area (Å²) < 4.78 is 1.55. The van der Waals surface area contributed by atoms with Gasteiger partial charge in [0.15, 0.2) is 0 Å². The van der Waals surface area contributed by atoms with Gasteiger partial charge in [-0.2, -0.15) is 15.2 Å². The first kappa shape index (κ1) is 5.87. The Morgan fingerprint density at radius 2 is 2.44 bits per heavy atom. The molecule has 48 valence electrons. The average molecular weight is 125 g/mol. The van der Waals surface area contributed by atoms with Gasteiger partial charge in [-0.15, -0.1) is 5.11 Å². The van der Waals surface area contributed by atoms with Crippen molar-refractivity contribution in [2.75, 3.05) is 7.05 Å². The predicted molar refractivity (Wildman–Crippen MR) is 31.4 cm³/mol. The summed E-state index contributed by atoms with van der Waals surface area (Å²) >= 11 is 0. The highest BCUT2D eigenvalue weighted by Gasteiger charge is 1.93. The SMILES string of the molecule is CN=Nc1ncnn1C. The second kappa shape index (κ2) is 2.34. The lowest BCUT2D eigenvalue weighted by atomic mass is 11.0. The van der Waals surface area contributed by atoms with Crippen molar-refractivity contribution in [3.63, 3.8) is 0 Å². The maximum atomic E-state index is 3.80. The van der Waals surface area contributed by atoms with E-state index in [1.54, 1.807) is 18.8 Å². The molecule has 0 spiro atoms. The summed E-state index contributed by atoms with van der Waals surface area (Å²) in [6.07, 6.45) is 1.43. The van der Waals surface area contributed by atoms with Gasteiger partial charge in [0.25, 0.3) is 5.95 Å². The molecule has 0 aliphatic carbocycles. The summed E-state index contributed by atoms with van der Waals surface area (Å²) in [5.74, 6) is 0.525. The molecular formula is C4H7N5. The maximum Gasteiger partial charge on any atom is 0.266 e. The van der Waals surface area contributed by atoms with Crippen LogP contribution in [0.15, 0.2) is 16.6 Å². The third kappa shape index (κ3) is 1.10. The summed E-state index contributed by atoms with van der Waals surface area (Å²) in [5.41, 5.74) is 0. The maximum absolute atomic E-state index is 3.80. The molecular weight excluding hydrogens is 118 g/mol. The Hall–Kier alpha value is -1.26. The Morgan fingerprint density at radius 3 is 2.89 bits per heavy atom. The first-order valence-corrected chi connectivity index (χ1v) is 2.48. The highest BCUT2D eigenvalue weighted by Crippen LogP contribution is 2.01. The molecule has 0 bridgehead atoms. The first-order valence-electron chi connectivity index (χ1n) is 2.48. The molecule has 5 nitrogen and oxygen atoms in total. The molecule has 0 amide bonds. The van der Waals surface area contributed by atoms with Crippen molar-refractivity contribution in [3.05, 3.63) is 6.33 Å². The van der Waals surface area contributed by atoms with Crippen molar-refractivity contribution in [2.45, 2.75) is 0 Å². The second-order valence-electron chi connectivity index (χ2n) is 1.48. The zero-order chi connectivity index (χ0) is 6.69. The number of rotatable bonds is 1. The standard InChI is InChI=1S/C4H7N5/c1-5-8-4-6-3-7-9(4)2/h3H,1-2H3. The molecule has 1 aromatic rings. The monoisotopic (exact) mass is 125 g/mol. The van der Waals surface area contributed by atoms with Crippen LogP contribution in [0.1, 0.15) is 0 Å². The van der Waals surface area contributed by atoms with E-state index in [2.05, 4.69) is 20.3 Å². The van der Waals surface area contributed by atoms with Crippen LogP contribution < -0.4 is 0 Å². The lowest BCUT2D eigenvalue weighted by Crippen LogP contribution is -1.87. The summed E-state index contributed by atoms with van der Waals surface area (Å²) in [5, 5.41) is 11.0. The Bertz CT molecular complexity index is 212. The number of aryl methyl sites for hydroxylation is 1. The number of azo groups is 1. The van der Waals surface area contributed by atoms with Gasteiger partial charge in [-0.25, -0.2) is 4.68 Å². The molecule has 0 aromatic carbocycles. The van der Waals surface area contributed by atoms with Gasteiger partial charge in [-0.1, -0.05) is 0 Å². The second-order valence-corrected chi connectivity index (χ2v) is 1.48.